The van der Waals surface area contributed by atoms with Crippen LogP contribution < -0.4 is 0 Å². The third kappa shape index (κ3) is 22.2. The molecule has 0 saturated heterocycles. The average molecular weight is 339 g/mol. The van der Waals surface area contributed by atoms with Gasteiger partial charge in [-0.15, -0.1) is 0 Å². The highest BCUT2D eigenvalue weighted by Crippen LogP contribution is 2.12. The van der Waals surface area contributed by atoms with Gasteiger partial charge in [0.2, 0.25) is 0 Å². The third-order valence-electron chi connectivity index (χ3n) is 3.24. The average Bonchev–Trinajstić information content (AvgIpc) is 2.31. The summed E-state index contributed by atoms with van der Waals surface area (Å²) in [5, 5.41) is 1.19. The zero-order valence-electron chi connectivity index (χ0n) is 11.8. The summed E-state index contributed by atoms with van der Waals surface area (Å²) < 4.78 is 0. The zero-order valence-corrected chi connectivity index (χ0v) is 13.4. The quantitative estimate of drug-likeness (QED) is 0.269. The summed E-state index contributed by atoms with van der Waals surface area (Å²) in [5.41, 5.74) is 0. The summed E-state index contributed by atoms with van der Waals surface area (Å²) in [6.07, 6.45) is 18.8. The Balaban J connectivity index is -0.00000112. The van der Waals surface area contributed by atoms with Gasteiger partial charge in [0.1, 0.15) is 0 Å². The van der Waals surface area contributed by atoms with E-state index >= 15 is 0 Å². The highest BCUT2D eigenvalue weighted by atomic mass is 79.9. The largest absolute Gasteiger partial charge is 0.412 e. The summed E-state index contributed by atoms with van der Waals surface area (Å²) in [7, 11) is 0. The van der Waals surface area contributed by atoms with E-state index in [0.717, 1.165) is 0 Å². The van der Waals surface area contributed by atoms with Crippen LogP contribution >= 0.6 is 15.9 Å². The van der Waals surface area contributed by atoms with E-state index in [-0.39, 0.29) is 22.8 Å². The fourth-order valence-electron chi connectivity index (χ4n) is 2.11. The van der Waals surface area contributed by atoms with Crippen molar-refractivity contribution < 1.29 is 5.48 Å². The number of halogens is 1. The van der Waals surface area contributed by atoms with Crippen LogP contribution in [-0.2, 0) is 0 Å². The molecule has 0 aliphatic heterocycles. The third-order valence-corrected chi connectivity index (χ3v) is 3.80. The van der Waals surface area contributed by atoms with Crippen molar-refractivity contribution in [2.45, 2.75) is 90.4 Å². The van der Waals surface area contributed by atoms with Gasteiger partial charge in [-0.1, -0.05) is 99.9 Å². The molecule has 1 nitrogen and oxygen atoms in total. The van der Waals surface area contributed by atoms with Gasteiger partial charge in [0, 0.05) is 5.33 Å². The number of unbranched alkanes of at least 4 members (excludes halogenated alkanes) is 12. The second-order valence-electron chi connectivity index (χ2n) is 4.93. The lowest BCUT2D eigenvalue weighted by Crippen LogP contribution is -1.83. The standard InChI is InChI=1S/C15H31Br.Al.H2O.3H/c1-2-3-4-5-6-7-8-9-10-11-12-13-14-15-16;;;;;/h2-15H2,1H3;;1H2;;;. The summed E-state index contributed by atoms with van der Waals surface area (Å²) in [6, 6.07) is 0. The first-order valence-corrected chi connectivity index (χ1v) is 8.60. The van der Waals surface area contributed by atoms with Gasteiger partial charge >= 0.3 is 0 Å². The molecule has 0 rings (SSSR count). The lowest BCUT2D eigenvalue weighted by Gasteiger charge is -2.02. The first-order chi connectivity index (χ1) is 7.91. The van der Waals surface area contributed by atoms with Crippen LogP contribution in [0.4, 0.5) is 0 Å². The minimum Gasteiger partial charge on any atom is -0.412 e. The molecular formula is C15H36AlBrO. The molecule has 3 heteroatoms. The molecule has 2 N–H and O–H groups in total. The highest BCUT2D eigenvalue weighted by molar-refractivity contribution is 9.09. The number of hydrogen-bond acceptors (Lipinski definition) is 0. The van der Waals surface area contributed by atoms with Gasteiger partial charge in [-0.05, 0) is 6.42 Å². The molecule has 0 saturated carbocycles. The molecule has 112 valence electrons. The second kappa shape index (κ2) is 23.1. The van der Waals surface area contributed by atoms with Gasteiger partial charge < -0.3 is 5.48 Å². The Morgan fingerprint density at radius 1 is 0.556 bits per heavy atom. The van der Waals surface area contributed by atoms with E-state index in [2.05, 4.69) is 22.9 Å². The molecule has 18 heavy (non-hydrogen) atoms. The minimum absolute atomic E-state index is 0. The summed E-state index contributed by atoms with van der Waals surface area (Å²) in [4.78, 5) is 0. The zero-order chi connectivity index (χ0) is 11.9. The molecule has 0 aromatic heterocycles. The number of rotatable bonds is 13. The van der Waals surface area contributed by atoms with Gasteiger partial charge in [-0.25, -0.2) is 0 Å². The Kier molecular flexibility index (Phi) is 30.8. The summed E-state index contributed by atoms with van der Waals surface area (Å²) in [6.45, 7) is 2.29. The van der Waals surface area contributed by atoms with Gasteiger partial charge in [0.25, 0.3) is 0 Å². The molecule has 0 unspecified atom stereocenters. The van der Waals surface area contributed by atoms with Gasteiger partial charge in [0.05, 0.1) is 0 Å². The van der Waals surface area contributed by atoms with E-state index in [1.54, 1.807) is 0 Å². The first-order valence-electron chi connectivity index (χ1n) is 7.47. The predicted molar refractivity (Wildman–Crippen MR) is 93.0 cm³/mol. The normalized spacial score (nSPS) is 9.67. The maximum Gasteiger partial charge on any atom is 0.187 e. The van der Waals surface area contributed by atoms with Crippen LogP contribution in [0.3, 0.4) is 0 Å². The van der Waals surface area contributed by atoms with Crippen molar-refractivity contribution in [1.29, 1.82) is 0 Å². The molecule has 0 fully saturated rings. The van der Waals surface area contributed by atoms with Crippen molar-refractivity contribution in [3.63, 3.8) is 0 Å². The van der Waals surface area contributed by atoms with E-state index in [1.807, 2.05) is 0 Å². The molecule has 0 heterocycles. The molecule has 0 aromatic rings. The molecule has 0 aliphatic carbocycles. The van der Waals surface area contributed by atoms with Gasteiger partial charge in [0.15, 0.2) is 17.4 Å². The molecule has 0 atom stereocenters. The lowest BCUT2D eigenvalue weighted by molar-refractivity contribution is 0.543. The second-order valence-corrected chi connectivity index (χ2v) is 5.72. The number of hydrogen-bond donors (Lipinski definition) is 0. The molecule has 0 radical (unpaired) electrons. The Hall–Kier alpha value is 0.972. The van der Waals surface area contributed by atoms with Crippen molar-refractivity contribution in [3.8, 4) is 0 Å². The minimum atomic E-state index is 0. The molecule has 0 aromatic carbocycles. The van der Waals surface area contributed by atoms with Crippen molar-refractivity contribution in [3.05, 3.63) is 0 Å². The van der Waals surface area contributed by atoms with Crippen molar-refractivity contribution in [2.75, 3.05) is 5.33 Å². The molecule has 0 spiro atoms. The number of alkyl halides is 1. The Morgan fingerprint density at radius 2 is 0.833 bits per heavy atom. The fraction of sp³-hybridized carbons (Fsp3) is 1.00. The fourth-order valence-corrected chi connectivity index (χ4v) is 2.51. The summed E-state index contributed by atoms with van der Waals surface area (Å²) in [5.74, 6) is 0. The lowest BCUT2D eigenvalue weighted by atomic mass is 10.1. The Bertz CT molecular complexity index is 109. The monoisotopic (exact) mass is 338 g/mol. The van der Waals surface area contributed by atoms with Crippen LogP contribution in [0.15, 0.2) is 0 Å². The van der Waals surface area contributed by atoms with Crippen molar-refractivity contribution >= 4 is 33.3 Å². The first kappa shape index (κ1) is 24.0. The topological polar surface area (TPSA) is 31.5 Å². The predicted octanol–water partition coefficient (Wildman–Crippen LogP) is 4.46. The SMILES string of the molecule is CCCCCCCCCCCCCCCBr.O.[AlH3]. The van der Waals surface area contributed by atoms with Crippen LogP contribution in [0.1, 0.15) is 90.4 Å². The van der Waals surface area contributed by atoms with E-state index in [1.165, 1.54) is 88.8 Å². The molecule has 0 bridgehead atoms. The van der Waals surface area contributed by atoms with E-state index in [0.29, 0.717) is 0 Å². The molecule has 0 amide bonds. The van der Waals surface area contributed by atoms with Crippen LogP contribution in [0.2, 0.25) is 0 Å². The maximum absolute atomic E-state index is 3.48. The van der Waals surface area contributed by atoms with E-state index in [9.17, 15) is 0 Å². The summed E-state index contributed by atoms with van der Waals surface area (Å²) >= 11 is 3.48. The van der Waals surface area contributed by atoms with Crippen LogP contribution in [0, 0.1) is 0 Å². The van der Waals surface area contributed by atoms with Gasteiger partial charge in [-0.2, -0.15) is 0 Å². The smallest absolute Gasteiger partial charge is 0.187 e. The van der Waals surface area contributed by atoms with Gasteiger partial charge in [-0.3, -0.25) is 0 Å². The van der Waals surface area contributed by atoms with Crippen LogP contribution in [0.25, 0.3) is 0 Å². The molecule has 0 aliphatic rings. The molecular weight excluding hydrogens is 303 g/mol. The Morgan fingerprint density at radius 3 is 1.11 bits per heavy atom. The maximum atomic E-state index is 3.48. The highest BCUT2D eigenvalue weighted by Gasteiger charge is 1.92. The van der Waals surface area contributed by atoms with E-state index < -0.39 is 0 Å². The van der Waals surface area contributed by atoms with E-state index in [4.69, 9.17) is 0 Å². The van der Waals surface area contributed by atoms with Crippen LogP contribution in [0.5, 0.6) is 0 Å². The Labute approximate surface area is 134 Å². The van der Waals surface area contributed by atoms with Crippen molar-refractivity contribution in [2.24, 2.45) is 0 Å². The van der Waals surface area contributed by atoms with Crippen LogP contribution in [-0.4, -0.2) is 28.2 Å². The van der Waals surface area contributed by atoms with Crippen molar-refractivity contribution in [1.82, 2.24) is 0 Å².